The zero-order valence-corrected chi connectivity index (χ0v) is 12.3. The van der Waals surface area contributed by atoms with Crippen LogP contribution in [0.15, 0.2) is 24.3 Å². The Morgan fingerprint density at radius 1 is 1.00 bits per heavy atom. The summed E-state index contributed by atoms with van der Waals surface area (Å²) in [5.41, 5.74) is 2.57. The van der Waals surface area contributed by atoms with E-state index in [2.05, 4.69) is 57.3 Å². The van der Waals surface area contributed by atoms with Crippen LogP contribution in [0.4, 0.5) is 0 Å². The normalized spacial score (nSPS) is 11.8. The highest BCUT2D eigenvalue weighted by molar-refractivity contribution is 5.22. The van der Waals surface area contributed by atoms with E-state index in [1.807, 2.05) is 0 Å². The minimum Gasteiger partial charge on any atom is -0.371 e. The van der Waals surface area contributed by atoms with Gasteiger partial charge in [0.05, 0.1) is 12.2 Å². The minimum absolute atomic E-state index is 0.0667. The van der Waals surface area contributed by atoms with Crippen LogP contribution in [0.1, 0.15) is 45.2 Å². The molecule has 1 aromatic carbocycles. The average Bonchev–Trinajstić information content (AvgIpc) is 2.33. The van der Waals surface area contributed by atoms with E-state index in [0.717, 1.165) is 19.5 Å². The van der Waals surface area contributed by atoms with Crippen LogP contribution in [0.2, 0.25) is 0 Å². The molecule has 0 atom stereocenters. The van der Waals surface area contributed by atoms with Crippen molar-refractivity contribution in [3.63, 3.8) is 0 Å². The van der Waals surface area contributed by atoms with Crippen molar-refractivity contribution in [2.45, 2.75) is 52.7 Å². The van der Waals surface area contributed by atoms with Gasteiger partial charge in [0, 0.05) is 0 Å². The Bertz CT molecular complexity index is 324. The first-order chi connectivity index (χ1) is 8.51. The molecule has 1 N–H and O–H groups in total. The maximum Gasteiger partial charge on any atom is 0.0724 e. The molecular weight excluding hydrogens is 222 g/mol. The van der Waals surface area contributed by atoms with Crippen molar-refractivity contribution in [2.24, 2.45) is 0 Å². The highest BCUT2D eigenvalue weighted by Crippen LogP contribution is 2.12. The van der Waals surface area contributed by atoms with Crippen LogP contribution in [-0.4, -0.2) is 18.7 Å². The monoisotopic (exact) mass is 249 g/mol. The molecule has 1 rings (SSSR count). The van der Waals surface area contributed by atoms with E-state index >= 15 is 0 Å². The van der Waals surface area contributed by atoms with Crippen LogP contribution < -0.4 is 5.32 Å². The van der Waals surface area contributed by atoms with Gasteiger partial charge in [0.15, 0.2) is 0 Å². The highest BCUT2D eigenvalue weighted by Gasteiger charge is 2.09. The molecule has 0 saturated carbocycles. The Balaban J connectivity index is 2.33. The third kappa shape index (κ3) is 6.77. The molecule has 18 heavy (non-hydrogen) atoms. The molecule has 2 nitrogen and oxygen atoms in total. The molecule has 0 aliphatic carbocycles. The fourth-order valence-corrected chi connectivity index (χ4v) is 1.64. The molecule has 0 amide bonds. The van der Waals surface area contributed by atoms with E-state index in [-0.39, 0.29) is 5.60 Å². The summed E-state index contributed by atoms with van der Waals surface area (Å²) in [5.74, 6) is 0. The first-order valence-corrected chi connectivity index (χ1v) is 6.94. The van der Waals surface area contributed by atoms with Gasteiger partial charge in [-0.25, -0.2) is 0 Å². The Labute approximate surface area is 112 Å². The molecule has 0 bridgehead atoms. The molecule has 1 aromatic rings. The molecule has 0 aromatic heterocycles. The molecule has 0 aliphatic heterocycles. The van der Waals surface area contributed by atoms with E-state index in [1.165, 1.54) is 17.5 Å². The molecule has 0 heterocycles. The Morgan fingerprint density at radius 2 is 1.61 bits per heavy atom. The molecule has 102 valence electrons. The van der Waals surface area contributed by atoms with E-state index in [1.54, 1.807) is 0 Å². The SMILES string of the molecule is CCCNCCc1ccc(COC(C)(C)C)cc1. The molecule has 0 aliphatic rings. The number of benzene rings is 1. The largest absolute Gasteiger partial charge is 0.371 e. The average molecular weight is 249 g/mol. The van der Waals surface area contributed by atoms with E-state index < -0.39 is 0 Å². The van der Waals surface area contributed by atoms with Gasteiger partial charge in [-0.3, -0.25) is 0 Å². The standard InChI is InChI=1S/C16H27NO/c1-5-11-17-12-10-14-6-8-15(9-7-14)13-18-16(2,3)4/h6-9,17H,5,10-13H2,1-4H3. The predicted molar refractivity (Wildman–Crippen MR) is 77.8 cm³/mol. The van der Waals surface area contributed by atoms with Crippen molar-refractivity contribution in [3.05, 3.63) is 35.4 Å². The van der Waals surface area contributed by atoms with Crippen molar-refractivity contribution in [2.75, 3.05) is 13.1 Å². The van der Waals surface area contributed by atoms with Gasteiger partial charge in [-0.2, -0.15) is 0 Å². The number of nitrogens with one attached hydrogen (secondary N) is 1. The number of rotatable bonds is 7. The lowest BCUT2D eigenvalue weighted by molar-refractivity contribution is -0.0149. The lowest BCUT2D eigenvalue weighted by Crippen LogP contribution is -2.19. The quantitative estimate of drug-likeness (QED) is 0.746. The summed E-state index contributed by atoms with van der Waals surface area (Å²) in [7, 11) is 0. The van der Waals surface area contributed by atoms with Gasteiger partial charge in [-0.1, -0.05) is 31.2 Å². The van der Waals surface area contributed by atoms with Crippen LogP contribution in [0, 0.1) is 0 Å². The van der Waals surface area contributed by atoms with Crippen molar-refractivity contribution >= 4 is 0 Å². The lowest BCUT2D eigenvalue weighted by atomic mass is 10.1. The second-order valence-electron chi connectivity index (χ2n) is 5.72. The van der Waals surface area contributed by atoms with Crippen molar-refractivity contribution in [3.8, 4) is 0 Å². The maximum atomic E-state index is 5.76. The second kappa shape index (κ2) is 7.55. The third-order valence-electron chi connectivity index (χ3n) is 2.71. The maximum absolute atomic E-state index is 5.76. The predicted octanol–water partition coefficient (Wildman–Crippen LogP) is 3.54. The van der Waals surface area contributed by atoms with E-state index in [0.29, 0.717) is 6.61 Å². The molecule has 2 heteroatoms. The molecule has 0 fully saturated rings. The van der Waals surface area contributed by atoms with Crippen molar-refractivity contribution in [1.82, 2.24) is 5.32 Å². The summed E-state index contributed by atoms with van der Waals surface area (Å²) in [5, 5.41) is 3.42. The van der Waals surface area contributed by atoms with Crippen LogP contribution in [0.5, 0.6) is 0 Å². The van der Waals surface area contributed by atoms with Gasteiger partial charge in [-0.15, -0.1) is 0 Å². The van der Waals surface area contributed by atoms with Crippen molar-refractivity contribution in [1.29, 1.82) is 0 Å². The van der Waals surface area contributed by atoms with Gasteiger partial charge >= 0.3 is 0 Å². The Morgan fingerprint density at radius 3 is 2.17 bits per heavy atom. The van der Waals surface area contributed by atoms with E-state index in [4.69, 9.17) is 4.74 Å². The van der Waals surface area contributed by atoms with Gasteiger partial charge in [0.2, 0.25) is 0 Å². The minimum atomic E-state index is -0.0667. The fraction of sp³-hybridized carbons (Fsp3) is 0.625. The first-order valence-electron chi connectivity index (χ1n) is 6.94. The van der Waals surface area contributed by atoms with Crippen LogP contribution in [0.3, 0.4) is 0 Å². The van der Waals surface area contributed by atoms with Crippen LogP contribution in [0.25, 0.3) is 0 Å². The summed E-state index contributed by atoms with van der Waals surface area (Å²) in [6, 6.07) is 8.74. The van der Waals surface area contributed by atoms with Crippen molar-refractivity contribution < 1.29 is 4.74 Å². The van der Waals surface area contributed by atoms with Gasteiger partial charge < -0.3 is 10.1 Å². The summed E-state index contributed by atoms with van der Waals surface area (Å²) >= 11 is 0. The summed E-state index contributed by atoms with van der Waals surface area (Å²) in [6.07, 6.45) is 2.30. The number of hydrogen-bond donors (Lipinski definition) is 1. The first kappa shape index (κ1) is 15.2. The number of ether oxygens (including phenoxy) is 1. The molecule has 0 spiro atoms. The van der Waals surface area contributed by atoms with E-state index in [9.17, 15) is 0 Å². The van der Waals surface area contributed by atoms with Gasteiger partial charge in [0.25, 0.3) is 0 Å². The zero-order valence-electron chi connectivity index (χ0n) is 12.3. The summed E-state index contributed by atoms with van der Waals surface area (Å²) in [4.78, 5) is 0. The smallest absolute Gasteiger partial charge is 0.0724 e. The fourth-order valence-electron chi connectivity index (χ4n) is 1.64. The lowest BCUT2D eigenvalue weighted by Gasteiger charge is -2.19. The summed E-state index contributed by atoms with van der Waals surface area (Å²) < 4.78 is 5.76. The second-order valence-corrected chi connectivity index (χ2v) is 5.72. The van der Waals surface area contributed by atoms with Gasteiger partial charge in [-0.05, 0) is 57.8 Å². The zero-order chi connectivity index (χ0) is 13.4. The molecular formula is C16H27NO. The molecule has 0 unspecified atom stereocenters. The topological polar surface area (TPSA) is 21.3 Å². The third-order valence-corrected chi connectivity index (χ3v) is 2.71. The Hall–Kier alpha value is -0.860. The molecule has 0 radical (unpaired) electrons. The highest BCUT2D eigenvalue weighted by atomic mass is 16.5. The summed E-state index contributed by atoms with van der Waals surface area (Å²) in [6.45, 7) is 11.3. The molecule has 0 saturated heterocycles. The Kier molecular flexibility index (Phi) is 6.37. The van der Waals surface area contributed by atoms with Crippen LogP contribution >= 0.6 is 0 Å². The van der Waals surface area contributed by atoms with Crippen LogP contribution in [-0.2, 0) is 17.8 Å². The number of hydrogen-bond acceptors (Lipinski definition) is 2. The van der Waals surface area contributed by atoms with Gasteiger partial charge in [0.1, 0.15) is 0 Å².